The number of nitrogens with zero attached hydrogens (tertiary/aromatic N) is 1. The first-order valence-electron chi connectivity index (χ1n) is 6.31. The third-order valence-corrected chi connectivity index (χ3v) is 3.55. The van der Waals surface area contributed by atoms with E-state index in [0.29, 0.717) is 17.4 Å². The van der Waals surface area contributed by atoms with Gasteiger partial charge in [-0.3, -0.25) is 0 Å². The van der Waals surface area contributed by atoms with E-state index in [9.17, 15) is 0 Å². The van der Waals surface area contributed by atoms with E-state index in [0.717, 1.165) is 18.4 Å². The Kier molecular flexibility index (Phi) is 3.67. The second-order valence-corrected chi connectivity index (χ2v) is 5.64. The summed E-state index contributed by atoms with van der Waals surface area (Å²) in [4.78, 5) is 4.20. The highest BCUT2D eigenvalue weighted by Crippen LogP contribution is 2.36. The van der Waals surface area contributed by atoms with Crippen LogP contribution in [0.5, 0.6) is 5.88 Å². The summed E-state index contributed by atoms with van der Waals surface area (Å²) in [5.74, 6) is 0.673. The van der Waals surface area contributed by atoms with Crippen LogP contribution in [0.25, 0.3) is 0 Å². The number of hydrogen-bond acceptors (Lipinski definition) is 3. The Balaban J connectivity index is 1.89. The van der Waals surface area contributed by atoms with E-state index < -0.39 is 0 Å². The molecule has 0 spiro atoms. The Labute approximate surface area is 103 Å². The number of ether oxygens (including phenoxy) is 1. The molecular formula is C14H21NO2. The molecule has 0 aliphatic heterocycles. The molecule has 0 bridgehead atoms. The fraction of sp³-hybridized carbons (Fsp3) is 0.643. The molecule has 1 N–H and O–H groups in total. The summed E-state index contributed by atoms with van der Waals surface area (Å²) < 4.78 is 5.86. The van der Waals surface area contributed by atoms with Crippen molar-refractivity contribution in [2.75, 3.05) is 0 Å². The second-order valence-electron chi connectivity index (χ2n) is 5.64. The molecule has 1 saturated carbocycles. The minimum absolute atomic E-state index is 0.0326. The van der Waals surface area contributed by atoms with E-state index >= 15 is 0 Å². The van der Waals surface area contributed by atoms with Gasteiger partial charge in [0.2, 0.25) is 5.88 Å². The zero-order valence-corrected chi connectivity index (χ0v) is 10.6. The van der Waals surface area contributed by atoms with E-state index in [4.69, 9.17) is 9.84 Å². The van der Waals surface area contributed by atoms with Gasteiger partial charge in [-0.15, -0.1) is 0 Å². The van der Waals surface area contributed by atoms with Gasteiger partial charge in [-0.05, 0) is 42.7 Å². The maximum atomic E-state index is 8.93. The van der Waals surface area contributed by atoms with Crippen LogP contribution in [0.4, 0.5) is 0 Å². The standard InChI is InChI=1S/C14H21NO2/c1-14(2)7-5-12(6-8-14)17-13-4-3-11(10-16)9-15-13/h3-4,9,12,16H,5-8,10H2,1-2H3. The zero-order chi connectivity index (χ0) is 12.3. The third kappa shape index (κ3) is 3.43. The number of aliphatic hydroxyl groups excluding tert-OH is 1. The van der Waals surface area contributed by atoms with Crippen molar-refractivity contribution in [3.8, 4) is 5.88 Å². The van der Waals surface area contributed by atoms with Gasteiger partial charge in [0.05, 0.1) is 6.61 Å². The highest BCUT2D eigenvalue weighted by Gasteiger charge is 2.27. The van der Waals surface area contributed by atoms with Crippen LogP contribution < -0.4 is 4.74 Å². The van der Waals surface area contributed by atoms with Crippen molar-refractivity contribution in [3.63, 3.8) is 0 Å². The molecule has 0 atom stereocenters. The van der Waals surface area contributed by atoms with Gasteiger partial charge in [0, 0.05) is 12.3 Å². The number of hydrogen-bond donors (Lipinski definition) is 1. The molecule has 17 heavy (non-hydrogen) atoms. The van der Waals surface area contributed by atoms with Crippen LogP contribution >= 0.6 is 0 Å². The predicted octanol–water partition coefficient (Wildman–Crippen LogP) is 2.92. The van der Waals surface area contributed by atoms with Gasteiger partial charge in [0.1, 0.15) is 6.10 Å². The zero-order valence-electron chi connectivity index (χ0n) is 10.6. The molecule has 94 valence electrons. The molecular weight excluding hydrogens is 214 g/mol. The van der Waals surface area contributed by atoms with E-state index in [2.05, 4.69) is 18.8 Å². The molecule has 0 aromatic carbocycles. The van der Waals surface area contributed by atoms with E-state index in [1.165, 1.54) is 12.8 Å². The van der Waals surface area contributed by atoms with Crippen LogP contribution in [0.15, 0.2) is 18.3 Å². The Morgan fingerprint density at radius 1 is 1.35 bits per heavy atom. The van der Waals surface area contributed by atoms with Gasteiger partial charge in [-0.1, -0.05) is 13.8 Å². The van der Waals surface area contributed by atoms with Gasteiger partial charge >= 0.3 is 0 Å². The SMILES string of the molecule is CC1(C)CCC(Oc2ccc(CO)cn2)CC1. The summed E-state index contributed by atoms with van der Waals surface area (Å²) in [6, 6.07) is 3.69. The van der Waals surface area contributed by atoms with Crippen LogP contribution in [0.1, 0.15) is 45.1 Å². The van der Waals surface area contributed by atoms with Crippen molar-refractivity contribution < 1.29 is 9.84 Å². The van der Waals surface area contributed by atoms with Crippen molar-refractivity contribution in [1.29, 1.82) is 0 Å². The molecule has 2 rings (SSSR count). The first kappa shape index (κ1) is 12.4. The Morgan fingerprint density at radius 3 is 2.59 bits per heavy atom. The molecule has 0 unspecified atom stereocenters. The molecule has 1 fully saturated rings. The third-order valence-electron chi connectivity index (χ3n) is 3.55. The summed E-state index contributed by atoms with van der Waals surface area (Å²) in [5.41, 5.74) is 1.29. The van der Waals surface area contributed by atoms with Crippen LogP contribution in [0.3, 0.4) is 0 Å². The lowest BCUT2D eigenvalue weighted by atomic mass is 9.76. The van der Waals surface area contributed by atoms with Gasteiger partial charge in [0.25, 0.3) is 0 Å². The first-order valence-corrected chi connectivity index (χ1v) is 6.31. The monoisotopic (exact) mass is 235 g/mol. The highest BCUT2D eigenvalue weighted by atomic mass is 16.5. The molecule has 1 aromatic heterocycles. The maximum absolute atomic E-state index is 8.93. The molecule has 0 amide bonds. The molecule has 0 saturated heterocycles. The summed E-state index contributed by atoms with van der Waals surface area (Å²) in [7, 11) is 0. The van der Waals surface area contributed by atoms with Crippen LogP contribution in [0, 0.1) is 5.41 Å². The average molecular weight is 235 g/mol. The molecule has 1 aromatic rings. The Morgan fingerprint density at radius 2 is 2.06 bits per heavy atom. The Bertz CT molecular complexity index is 349. The molecule has 1 aliphatic carbocycles. The minimum Gasteiger partial charge on any atom is -0.474 e. The molecule has 0 radical (unpaired) electrons. The summed E-state index contributed by atoms with van der Waals surface area (Å²) in [6.45, 7) is 4.67. The topological polar surface area (TPSA) is 42.4 Å². The van der Waals surface area contributed by atoms with Crippen molar-refractivity contribution in [2.45, 2.75) is 52.2 Å². The van der Waals surface area contributed by atoms with Crippen LogP contribution in [-0.2, 0) is 6.61 Å². The van der Waals surface area contributed by atoms with Crippen LogP contribution in [0.2, 0.25) is 0 Å². The van der Waals surface area contributed by atoms with Gasteiger partial charge in [-0.2, -0.15) is 0 Å². The van der Waals surface area contributed by atoms with E-state index in [1.807, 2.05) is 12.1 Å². The quantitative estimate of drug-likeness (QED) is 0.876. The van der Waals surface area contributed by atoms with Gasteiger partial charge in [0.15, 0.2) is 0 Å². The van der Waals surface area contributed by atoms with Gasteiger partial charge in [-0.25, -0.2) is 4.98 Å². The number of pyridine rings is 1. The number of aliphatic hydroxyl groups is 1. The Hall–Kier alpha value is -1.09. The average Bonchev–Trinajstić information content (AvgIpc) is 2.33. The largest absolute Gasteiger partial charge is 0.474 e. The molecule has 3 heteroatoms. The summed E-state index contributed by atoms with van der Waals surface area (Å²) in [6.07, 6.45) is 6.61. The number of aromatic nitrogens is 1. The minimum atomic E-state index is 0.0326. The lowest BCUT2D eigenvalue weighted by Crippen LogP contribution is -2.28. The van der Waals surface area contributed by atoms with Crippen molar-refractivity contribution in [3.05, 3.63) is 23.9 Å². The van der Waals surface area contributed by atoms with Crippen molar-refractivity contribution in [2.24, 2.45) is 5.41 Å². The van der Waals surface area contributed by atoms with Gasteiger partial charge < -0.3 is 9.84 Å². The fourth-order valence-electron chi connectivity index (χ4n) is 2.24. The number of rotatable bonds is 3. The van der Waals surface area contributed by atoms with Crippen molar-refractivity contribution in [1.82, 2.24) is 4.98 Å². The second kappa shape index (κ2) is 5.05. The summed E-state index contributed by atoms with van der Waals surface area (Å²) >= 11 is 0. The molecule has 3 nitrogen and oxygen atoms in total. The summed E-state index contributed by atoms with van der Waals surface area (Å²) in [5, 5.41) is 8.93. The van der Waals surface area contributed by atoms with Crippen molar-refractivity contribution >= 4 is 0 Å². The fourth-order valence-corrected chi connectivity index (χ4v) is 2.24. The normalized spacial score (nSPS) is 20.2. The van der Waals surface area contributed by atoms with Crippen LogP contribution in [-0.4, -0.2) is 16.2 Å². The highest BCUT2D eigenvalue weighted by molar-refractivity contribution is 5.17. The van der Waals surface area contributed by atoms with E-state index in [-0.39, 0.29) is 6.61 Å². The lowest BCUT2D eigenvalue weighted by molar-refractivity contribution is 0.0948. The lowest BCUT2D eigenvalue weighted by Gasteiger charge is -2.34. The van der Waals surface area contributed by atoms with E-state index in [1.54, 1.807) is 6.20 Å². The molecule has 1 heterocycles. The predicted molar refractivity (Wildman–Crippen MR) is 66.8 cm³/mol. The molecule has 1 aliphatic rings. The maximum Gasteiger partial charge on any atom is 0.213 e. The smallest absolute Gasteiger partial charge is 0.213 e. The first-order chi connectivity index (χ1) is 8.09.